The van der Waals surface area contributed by atoms with Crippen LogP contribution in [0.1, 0.15) is 25.0 Å². The molecular weight excluding hydrogens is 556 g/mol. The summed E-state index contributed by atoms with van der Waals surface area (Å²) in [6.07, 6.45) is -1.59. The van der Waals surface area contributed by atoms with E-state index >= 15 is 4.39 Å². The lowest BCUT2D eigenvalue weighted by Crippen LogP contribution is -2.43. The second-order valence-corrected chi connectivity index (χ2v) is 10.8. The van der Waals surface area contributed by atoms with Crippen molar-refractivity contribution < 1.29 is 27.4 Å². The van der Waals surface area contributed by atoms with Gasteiger partial charge in [-0.05, 0) is 81.9 Å². The number of methoxy groups -OCH3 is 1. The van der Waals surface area contributed by atoms with E-state index in [1.54, 1.807) is 43.1 Å². The summed E-state index contributed by atoms with van der Waals surface area (Å²) < 4.78 is 62.2. The Labute approximate surface area is 243 Å². The van der Waals surface area contributed by atoms with Crippen molar-refractivity contribution in [3.8, 4) is 17.6 Å². The van der Waals surface area contributed by atoms with Gasteiger partial charge in [-0.2, -0.15) is 13.2 Å². The van der Waals surface area contributed by atoms with Gasteiger partial charge >= 0.3 is 6.18 Å². The number of anilines is 2. The minimum absolute atomic E-state index is 0.181. The van der Waals surface area contributed by atoms with Gasteiger partial charge in [0.1, 0.15) is 18.5 Å². The van der Waals surface area contributed by atoms with Crippen LogP contribution in [0, 0.1) is 11.8 Å². The quantitative estimate of drug-likeness (QED) is 0.163. The molecule has 0 amide bonds. The number of fused-ring (bicyclic) bond motifs is 1. The third-order valence-corrected chi connectivity index (χ3v) is 7.82. The van der Waals surface area contributed by atoms with Crippen molar-refractivity contribution in [3.63, 3.8) is 0 Å². The molecule has 1 aromatic heterocycles. The second-order valence-electron chi connectivity index (χ2n) is 9.89. The van der Waals surface area contributed by atoms with Crippen LogP contribution in [0.4, 0.5) is 28.9 Å². The number of aliphatic hydroxyl groups is 1. The highest BCUT2D eigenvalue weighted by Gasteiger charge is 2.33. The summed E-state index contributed by atoms with van der Waals surface area (Å²) in [7, 11) is 6.48. The topological polar surface area (TPSA) is 61.7 Å². The van der Waals surface area contributed by atoms with Crippen LogP contribution in [0.5, 0.6) is 5.75 Å². The molecule has 1 aliphatic rings. The number of hydrogen-bond acceptors (Lipinski definition) is 6. The Kier molecular flexibility index (Phi) is 11.6. The molecule has 4 rings (SSSR count). The molecule has 0 bridgehead atoms. The zero-order valence-corrected chi connectivity index (χ0v) is 24.8. The number of aromatic nitrogens is 1. The van der Waals surface area contributed by atoms with Crippen molar-refractivity contribution in [2.75, 3.05) is 51.7 Å². The van der Waals surface area contributed by atoms with E-state index in [1.165, 1.54) is 4.57 Å². The first-order valence-corrected chi connectivity index (χ1v) is 14.5. The molecule has 3 N–H and O–H groups in total. The zero-order valence-electron chi connectivity index (χ0n) is 24.0. The van der Waals surface area contributed by atoms with Crippen molar-refractivity contribution in [1.29, 1.82) is 0 Å². The lowest BCUT2D eigenvalue weighted by molar-refractivity contribution is -0.140. The van der Waals surface area contributed by atoms with Crippen LogP contribution >= 0.6 is 11.8 Å². The Hall–Kier alpha value is -3.07. The lowest BCUT2D eigenvalue weighted by Gasteiger charge is -2.36. The minimum Gasteiger partial charge on any atom is -0.495 e. The van der Waals surface area contributed by atoms with Gasteiger partial charge in [0, 0.05) is 29.1 Å². The summed E-state index contributed by atoms with van der Waals surface area (Å²) in [5.41, 5.74) is 2.01. The first-order chi connectivity index (χ1) is 19.6. The number of nitrogens with one attached hydrogen (secondary N) is 2. The summed E-state index contributed by atoms with van der Waals surface area (Å²) in [5, 5.41) is 14.0. The summed E-state index contributed by atoms with van der Waals surface area (Å²) in [4.78, 5) is 3.09. The first kappa shape index (κ1) is 32.4. The molecule has 1 saturated carbocycles. The van der Waals surface area contributed by atoms with Gasteiger partial charge in [0.15, 0.2) is 0 Å². The number of hydrogen-bond donors (Lipinski definition) is 3. The van der Waals surface area contributed by atoms with Gasteiger partial charge in [-0.1, -0.05) is 12.0 Å². The Bertz CT molecular complexity index is 1350. The number of aliphatic hydroxyl groups excluding tert-OH is 1. The average molecular weight is 595 g/mol. The summed E-state index contributed by atoms with van der Waals surface area (Å²) >= 11 is 1.60. The van der Waals surface area contributed by atoms with Gasteiger partial charge in [0.25, 0.3) is 0 Å². The normalized spacial score (nSPS) is 18.8. The van der Waals surface area contributed by atoms with Crippen molar-refractivity contribution in [3.05, 3.63) is 48.2 Å². The summed E-state index contributed by atoms with van der Waals surface area (Å²) in [5.74, 6) is 6.52. The fraction of sp³-hybridized carbons (Fsp3) is 0.467. The van der Waals surface area contributed by atoms with E-state index in [9.17, 15) is 13.2 Å². The second kappa shape index (κ2) is 14.7. The van der Waals surface area contributed by atoms with Gasteiger partial charge < -0.3 is 29.9 Å². The SMILES string of the molecule is CO.COc1cc(SC)ccc1NCC#Cc1cc2c(NC3CCC(N(C)C)CC3F)cccc2n1CC(F)(F)F. The molecule has 0 aliphatic heterocycles. The molecule has 41 heavy (non-hydrogen) atoms. The van der Waals surface area contributed by atoms with Crippen LogP contribution in [-0.4, -0.2) is 80.1 Å². The number of rotatable bonds is 8. The molecule has 1 fully saturated rings. The molecule has 0 saturated heterocycles. The van der Waals surface area contributed by atoms with Gasteiger partial charge in [0.05, 0.1) is 36.6 Å². The van der Waals surface area contributed by atoms with E-state index in [-0.39, 0.29) is 18.3 Å². The van der Waals surface area contributed by atoms with Crippen molar-refractivity contribution in [2.24, 2.45) is 0 Å². The number of halogens is 4. The summed E-state index contributed by atoms with van der Waals surface area (Å²) in [6, 6.07) is 12.3. The molecule has 11 heteroatoms. The van der Waals surface area contributed by atoms with Crippen LogP contribution in [0.2, 0.25) is 0 Å². The molecule has 3 unspecified atom stereocenters. The van der Waals surface area contributed by atoms with Crippen LogP contribution < -0.4 is 15.4 Å². The molecule has 224 valence electrons. The van der Waals surface area contributed by atoms with Crippen LogP contribution in [0.15, 0.2) is 47.4 Å². The molecule has 1 aliphatic carbocycles. The van der Waals surface area contributed by atoms with Crippen LogP contribution in [0.25, 0.3) is 10.9 Å². The maximum atomic E-state index is 15.0. The molecule has 3 atom stereocenters. The number of ether oxygens (including phenoxy) is 1. The van der Waals surface area contributed by atoms with Gasteiger partial charge in [-0.15, -0.1) is 11.8 Å². The predicted molar refractivity (Wildman–Crippen MR) is 160 cm³/mol. The lowest BCUT2D eigenvalue weighted by atomic mass is 9.88. The van der Waals surface area contributed by atoms with Crippen LogP contribution in [0.3, 0.4) is 0 Å². The maximum Gasteiger partial charge on any atom is 0.406 e. The molecule has 3 aromatic rings. The smallest absolute Gasteiger partial charge is 0.406 e. The van der Waals surface area contributed by atoms with Crippen molar-refractivity contribution >= 4 is 34.0 Å². The van der Waals surface area contributed by atoms with Gasteiger partial charge in [0.2, 0.25) is 0 Å². The van der Waals surface area contributed by atoms with E-state index in [0.717, 1.165) is 24.1 Å². The Morgan fingerprint density at radius 1 is 1.12 bits per heavy atom. The fourth-order valence-electron chi connectivity index (χ4n) is 5.01. The van der Waals surface area contributed by atoms with E-state index in [2.05, 4.69) is 22.5 Å². The van der Waals surface area contributed by atoms with E-state index in [4.69, 9.17) is 9.84 Å². The monoisotopic (exact) mass is 594 g/mol. The highest BCUT2D eigenvalue weighted by atomic mass is 32.2. The third-order valence-electron chi connectivity index (χ3n) is 7.09. The van der Waals surface area contributed by atoms with Gasteiger partial charge in [-0.25, -0.2) is 4.39 Å². The van der Waals surface area contributed by atoms with Crippen molar-refractivity contribution in [1.82, 2.24) is 9.47 Å². The third kappa shape index (κ3) is 8.47. The molecular formula is C30H38F4N4O2S. The van der Waals surface area contributed by atoms with E-state index in [0.29, 0.717) is 35.2 Å². The van der Waals surface area contributed by atoms with Crippen molar-refractivity contribution in [2.45, 2.75) is 55.1 Å². The molecule has 6 nitrogen and oxygen atoms in total. The average Bonchev–Trinajstić information content (AvgIpc) is 3.29. The molecule has 0 radical (unpaired) electrons. The highest BCUT2D eigenvalue weighted by molar-refractivity contribution is 7.98. The molecule has 2 aromatic carbocycles. The first-order valence-electron chi connectivity index (χ1n) is 13.2. The number of thioether (sulfide) groups is 1. The van der Waals surface area contributed by atoms with E-state index in [1.807, 2.05) is 43.5 Å². The van der Waals surface area contributed by atoms with E-state index < -0.39 is 24.9 Å². The number of benzene rings is 2. The Morgan fingerprint density at radius 3 is 2.51 bits per heavy atom. The van der Waals surface area contributed by atoms with Gasteiger partial charge in [-0.3, -0.25) is 0 Å². The maximum absolute atomic E-state index is 15.0. The predicted octanol–water partition coefficient (Wildman–Crippen LogP) is 6.24. The zero-order chi connectivity index (χ0) is 30.2. The molecule has 0 spiro atoms. The van der Waals surface area contributed by atoms with Crippen LogP contribution in [-0.2, 0) is 6.54 Å². The summed E-state index contributed by atoms with van der Waals surface area (Å²) in [6.45, 7) is -0.951. The highest BCUT2D eigenvalue weighted by Crippen LogP contribution is 2.33. The Balaban J connectivity index is 0.00000226. The number of alkyl halides is 4. The standard InChI is InChI=1S/C29H34F4N4OS.CH4O/c1-36(2)19-10-12-25(23(30)16-19)35-24-8-5-9-27-22(24)15-20(37(27)18-29(31,32)33)7-6-14-34-26-13-11-21(39-4)17-28(26)38-3;1-2/h5,8-9,11,13,15,17,19,23,25,34-35H,10,12,14,16,18H2,1-4H3;2H,1H3. The fourth-order valence-corrected chi connectivity index (χ4v) is 5.44. The Morgan fingerprint density at radius 2 is 1.88 bits per heavy atom. The molecule has 1 heterocycles. The largest absolute Gasteiger partial charge is 0.495 e. The minimum atomic E-state index is -4.43. The number of nitrogens with zero attached hydrogens (tertiary/aromatic N) is 2.